The summed E-state index contributed by atoms with van der Waals surface area (Å²) in [6.45, 7) is 9.21. The third-order valence-electron chi connectivity index (χ3n) is 4.46. The molecule has 2 aliphatic heterocycles. The van der Waals surface area contributed by atoms with Gasteiger partial charge in [-0.05, 0) is 17.6 Å². The van der Waals surface area contributed by atoms with Crippen molar-refractivity contribution in [3.8, 4) is 0 Å². The van der Waals surface area contributed by atoms with Crippen LogP contribution in [0.5, 0.6) is 0 Å². The van der Waals surface area contributed by atoms with E-state index in [9.17, 15) is 5.11 Å². The molecule has 3 nitrogen and oxygen atoms in total. The second-order valence-electron chi connectivity index (χ2n) is 5.61. The van der Waals surface area contributed by atoms with E-state index in [4.69, 9.17) is 0 Å². The van der Waals surface area contributed by atoms with Crippen molar-refractivity contribution in [3.05, 3.63) is 0 Å². The lowest BCUT2D eigenvalue weighted by molar-refractivity contribution is -0.0500. The summed E-state index contributed by atoms with van der Waals surface area (Å²) in [4.78, 5) is 2.52. The average molecular weight is 244 g/mol. The van der Waals surface area contributed by atoms with Gasteiger partial charge >= 0.3 is 0 Å². The molecule has 0 aromatic rings. The highest BCUT2D eigenvalue weighted by atomic mass is 32.2. The first-order valence-electron chi connectivity index (χ1n) is 6.27. The summed E-state index contributed by atoms with van der Waals surface area (Å²) >= 11 is 2.00. The van der Waals surface area contributed by atoms with Crippen molar-refractivity contribution < 1.29 is 5.11 Å². The third-order valence-corrected chi connectivity index (χ3v) is 5.63. The Kier molecular flexibility index (Phi) is 3.84. The maximum atomic E-state index is 9.95. The number of nitrogens with one attached hydrogen (secondary N) is 1. The van der Waals surface area contributed by atoms with Gasteiger partial charge in [-0.1, -0.05) is 13.8 Å². The fourth-order valence-corrected chi connectivity index (χ4v) is 4.77. The highest BCUT2D eigenvalue weighted by molar-refractivity contribution is 7.99. The van der Waals surface area contributed by atoms with Gasteiger partial charge in [-0.15, -0.1) is 0 Å². The molecule has 0 spiro atoms. The lowest BCUT2D eigenvalue weighted by Gasteiger charge is -2.56. The van der Waals surface area contributed by atoms with E-state index < -0.39 is 0 Å². The van der Waals surface area contributed by atoms with Gasteiger partial charge in [-0.3, -0.25) is 4.90 Å². The average Bonchev–Trinajstić information content (AvgIpc) is 2.30. The Hall–Kier alpha value is 0.230. The lowest BCUT2D eigenvalue weighted by atomic mass is 9.70. The third kappa shape index (κ3) is 2.01. The predicted molar refractivity (Wildman–Crippen MR) is 70.0 cm³/mol. The Morgan fingerprint density at radius 1 is 1.31 bits per heavy atom. The zero-order valence-electron chi connectivity index (χ0n) is 10.5. The van der Waals surface area contributed by atoms with Crippen LogP contribution in [0.15, 0.2) is 0 Å². The Labute approximate surface area is 103 Å². The maximum Gasteiger partial charge on any atom is 0.0628 e. The van der Waals surface area contributed by atoms with Crippen LogP contribution >= 0.6 is 11.8 Å². The van der Waals surface area contributed by atoms with Crippen LogP contribution in [0.3, 0.4) is 0 Å². The molecule has 0 radical (unpaired) electrons. The topological polar surface area (TPSA) is 35.5 Å². The second-order valence-corrected chi connectivity index (χ2v) is 6.72. The van der Waals surface area contributed by atoms with Gasteiger partial charge in [0.25, 0.3) is 0 Å². The number of nitrogens with zero attached hydrogens (tertiary/aromatic N) is 1. The molecular formula is C12H24N2OS. The van der Waals surface area contributed by atoms with Crippen molar-refractivity contribution in [2.45, 2.75) is 25.8 Å². The molecule has 0 bridgehead atoms. The minimum atomic E-state index is -0.00197. The van der Waals surface area contributed by atoms with Crippen LogP contribution in [0.1, 0.15) is 20.3 Å². The number of piperazine rings is 1. The minimum Gasteiger partial charge on any atom is -0.394 e. The molecule has 0 amide bonds. The molecule has 1 unspecified atom stereocenters. The van der Waals surface area contributed by atoms with Crippen LogP contribution in [-0.2, 0) is 0 Å². The van der Waals surface area contributed by atoms with Gasteiger partial charge in [0.05, 0.1) is 12.1 Å². The van der Waals surface area contributed by atoms with Gasteiger partial charge in [0, 0.05) is 31.9 Å². The maximum absolute atomic E-state index is 9.95. The molecule has 2 fully saturated rings. The van der Waals surface area contributed by atoms with Crippen molar-refractivity contribution in [1.29, 1.82) is 0 Å². The minimum absolute atomic E-state index is 0.00197. The van der Waals surface area contributed by atoms with Crippen LogP contribution < -0.4 is 5.32 Å². The van der Waals surface area contributed by atoms with E-state index >= 15 is 0 Å². The largest absolute Gasteiger partial charge is 0.394 e. The van der Waals surface area contributed by atoms with E-state index in [0.29, 0.717) is 6.61 Å². The molecule has 0 aromatic carbocycles. The SMILES string of the molecule is CC1(C)CCSCC1(CO)N1CCNCC1. The Balaban J connectivity index is 2.21. The van der Waals surface area contributed by atoms with Gasteiger partial charge in [0.2, 0.25) is 0 Å². The number of thioether (sulfide) groups is 1. The Morgan fingerprint density at radius 2 is 2.00 bits per heavy atom. The molecule has 2 N–H and O–H groups in total. The van der Waals surface area contributed by atoms with Gasteiger partial charge in [0.15, 0.2) is 0 Å². The first-order valence-corrected chi connectivity index (χ1v) is 7.42. The Bertz CT molecular complexity index is 241. The van der Waals surface area contributed by atoms with Crippen molar-refractivity contribution in [2.75, 3.05) is 44.3 Å². The molecule has 16 heavy (non-hydrogen) atoms. The van der Waals surface area contributed by atoms with Gasteiger partial charge in [-0.2, -0.15) is 11.8 Å². The zero-order valence-corrected chi connectivity index (χ0v) is 11.3. The molecule has 0 saturated carbocycles. The normalized spacial score (nSPS) is 36.2. The fraction of sp³-hybridized carbons (Fsp3) is 1.00. The zero-order chi connectivity index (χ0) is 11.6. The van der Waals surface area contributed by atoms with Crippen LogP contribution in [0.2, 0.25) is 0 Å². The van der Waals surface area contributed by atoms with E-state index in [2.05, 4.69) is 24.1 Å². The van der Waals surface area contributed by atoms with Crippen molar-refractivity contribution in [3.63, 3.8) is 0 Å². The van der Waals surface area contributed by atoms with E-state index in [1.165, 1.54) is 12.2 Å². The number of hydrogen-bond donors (Lipinski definition) is 2. The molecule has 4 heteroatoms. The monoisotopic (exact) mass is 244 g/mol. The number of hydrogen-bond acceptors (Lipinski definition) is 4. The first-order chi connectivity index (χ1) is 7.62. The van der Waals surface area contributed by atoms with E-state index in [0.717, 1.165) is 31.9 Å². The second kappa shape index (κ2) is 4.84. The lowest BCUT2D eigenvalue weighted by Crippen LogP contribution is -2.67. The molecule has 2 heterocycles. The van der Waals surface area contributed by atoms with Crippen molar-refractivity contribution in [1.82, 2.24) is 10.2 Å². The van der Waals surface area contributed by atoms with Gasteiger partial charge < -0.3 is 10.4 Å². The smallest absolute Gasteiger partial charge is 0.0628 e. The van der Waals surface area contributed by atoms with Crippen LogP contribution in [0.25, 0.3) is 0 Å². The molecule has 0 aliphatic carbocycles. The van der Waals surface area contributed by atoms with E-state index in [1.807, 2.05) is 11.8 Å². The molecule has 1 atom stereocenters. The summed E-state index contributed by atoms with van der Waals surface area (Å²) in [6.07, 6.45) is 1.21. The molecule has 2 saturated heterocycles. The van der Waals surface area contributed by atoms with Gasteiger partial charge in [-0.25, -0.2) is 0 Å². The molecule has 2 aliphatic rings. The van der Waals surface area contributed by atoms with Crippen LogP contribution in [-0.4, -0.2) is 59.8 Å². The molecule has 94 valence electrons. The van der Waals surface area contributed by atoms with Gasteiger partial charge in [0.1, 0.15) is 0 Å². The molecule has 0 aromatic heterocycles. The summed E-state index contributed by atoms with van der Waals surface area (Å²) in [5, 5.41) is 13.3. The van der Waals surface area contributed by atoms with Crippen LogP contribution in [0.4, 0.5) is 0 Å². The van der Waals surface area contributed by atoms with Crippen LogP contribution in [0, 0.1) is 5.41 Å². The molecule has 2 rings (SSSR count). The number of rotatable bonds is 2. The number of aliphatic hydroxyl groups is 1. The Morgan fingerprint density at radius 3 is 2.56 bits per heavy atom. The van der Waals surface area contributed by atoms with Crippen molar-refractivity contribution in [2.24, 2.45) is 5.41 Å². The first kappa shape index (κ1) is 12.7. The highest BCUT2D eigenvalue weighted by Gasteiger charge is 2.50. The van der Waals surface area contributed by atoms with E-state index in [1.54, 1.807) is 0 Å². The van der Waals surface area contributed by atoms with Crippen molar-refractivity contribution >= 4 is 11.8 Å². The summed E-state index contributed by atoms with van der Waals surface area (Å²) in [5.41, 5.74) is 0.225. The molecular weight excluding hydrogens is 220 g/mol. The highest BCUT2D eigenvalue weighted by Crippen LogP contribution is 2.45. The summed E-state index contributed by atoms with van der Waals surface area (Å²) in [5.74, 6) is 2.32. The standard InChI is InChI=1S/C12H24N2OS/c1-11(2)3-8-16-10-12(11,9-15)14-6-4-13-5-7-14/h13,15H,3-10H2,1-2H3. The summed E-state index contributed by atoms with van der Waals surface area (Å²) < 4.78 is 0. The fourth-order valence-electron chi connectivity index (χ4n) is 2.97. The number of aliphatic hydroxyl groups excluding tert-OH is 1. The summed E-state index contributed by atoms with van der Waals surface area (Å²) in [7, 11) is 0. The summed E-state index contributed by atoms with van der Waals surface area (Å²) in [6, 6.07) is 0. The quantitative estimate of drug-likeness (QED) is 0.753. The predicted octanol–water partition coefficient (Wildman–Crippen LogP) is 0.786. The van der Waals surface area contributed by atoms with E-state index in [-0.39, 0.29) is 11.0 Å².